The first kappa shape index (κ1) is 11.3. The van der Waals surface area contributed by atoms with Crippen LogP contribution in [0.3, 0.4) is 0 Å². The molecule has 0 aliphatic heterocycles. The molecule has 3 heteroatoms. The van der Waals surface area contributed by atoms with Crippen LogP contribution in [0, 0.1) is 11.8 Å². The molecule has 17 heavy (non-hydrogen) atoms. The second-order valence-electron chi connectivity index (χ2n) is 5.19. The van der Waals surface area contributed by atoms with Crippen molar-refractivity contribution < 1.29 is 4.79 Å². The second-order valence-corrected chi connectivity index (χ2v) is 6.11. The molecule has 1 N–H and O–H groups in total. The first-order valence-electron chi connectivity index (χ1n) is 6.27. The molecule has 0 bridgehead atoms. The molecule has 1 aromatic carbocycles. The minimum atomic E-state index is 0.211. The SMILES string of the molecule is O=C(NCC1CC1)C1CC1c1cccc(Br)c1. The maximum absolute atomic E-state index is 11.9. The number of hydrogen-bond acceptors (Lipinski definition) is 1. The summed E-state index contributed by atoms with van der Waals surface area (Å²) in [6, 6.07) is 8.30. The predicted octanol–water partition coefficient (Wildman–Crippen LogP) is 3.08. The Kier molecular flexibility index (Phi) is 2.95. The Bertz CT molecular complexity index is 442. The van der Waals surface area contributed by atoms with E-state index in [2.05, 4.69) is 33.4 Å². The third-order valence-corrected chi connectivity index (χ3v) is 4.16. The summed E-state index contributed by atoms with van der Waals surface area (Å²) < 4.78 is 1.10. The third kappa shape index (κ3) is 2.71. The van der Waals surface area contributed by atoms with Gasteiger partial charge in [-0.15, -0.1) is 0 Å². The molecule has 2 aliphatic carbocycles. The zero-order valence-electron chi connectivity index (χ0n) is 9.66. The van der Waals surface area contributed by atoms with Crippen molar-refractivity contribution in [1.29, 1.82) is 0 Å². The Morgan fingerprint density at radius 3 is 2.94 bits per heavy atom. The number of hydrogen-bond donors (Lipinski definition) is 1. The molecule has 1 aromatic rings. The number of nitrogens with one attached hydrogen (secondary N) is 1. The van der Waals surface area contributed by atoms with Crippen LogP contribution in [0.1, 0.15) is 30.7 Å². The van der Waals surface area contributed by atoms with E-state index in [0.717, 1.165) is 23.4 Å². The smallest absolute Gasteiger partial charge is 0.223 e. The lowest BCUT2D eigenvalue weighted by atomic mass is 10.1. The van der Waals surface area contributed by atoms with E-state index in [0.29, 0.717) is 5.92 Å². The minimum Gasteiger partial charge on any atom is -0.356 e. The first-order chi connectivity index (χ1) is 8.24. The lowest BCUT2D eigenvalue weighted by Gasteiger charge is -2.04. The molecule has 0 saturated heterocycles. The lowest BCUT2D eigenvalue weighted by molar-refractivity contribution is -0.122. The standard InChI is InChI=1S/C14H16BrNO/c15-11-3-1-2-10(6-11)12-7-13(12)14(17)16-8-9-4-5-9/h1-3,6,9,12-13H,4-5,7-8H2,(H,16,17). The molecular formula is C14H16BrNO. The number of benzene rings is 1. The average molecular weight is 294 g/mol. The number of carbonyl (C=O) groups is 1. The highest BCUT2D eigenvalue weighted by Gasteiger charge is 2.44. The van der Waals surface area contributed by atoms with Crippen LogP contribution in [0.25, 0.3) is 0 Å². The minimum absolute atomic E-state index is 0.211. The Balaban J connectivity index is 1.56. The van der Waals surface area contributed by atoms with Gasteiger partial charge in [-0.25, -0.2) is 0 Å². The van der Waals surface area contributed by atoms with E-state index in [1.54, 1.807) is 0 Å². The Morgan fingerprint density at radius 1 is 1.41 bits per heavy atom. The fourth-order valence-electron chi connectivity index (χ4n) is 2.29. The van der Waals surface area contributed by atoms with Gasteiger partial charge >= 0.3 is 0 Å². The molecule has 0 spiro atoms. The van der Waals surface area contributed by atoms with E-state index in [1.165, 1.54) is 18.4 Å². The summed E-state index contributed by atoms with van der Waals surface area (Å²) in [6.07, 6.45) is 3.59. The summed E-state index contributed by atoms with van der Waals surface area (Å²) >= 11 is 3.47. The second kappa shape index (κ2) is 4.45. The van der Waals surface area contributed by atoms with E-state index in [1.807, 2.05) is 12.1 Å². The van der Waals surface area contributed by atoms with Crippen molar-refractivity contribution in [3.05, 3.63) is 34.3 Å². The van der Waals surface area contributed by atoms with Crippen molar-refractivity contribution >= 4 is 21.8 Å². The van der Waals surface area contributed by atoms with Gasteiger partial charge in [0.25, 0.3) is 0 Å². The molecule has 2 aliphatic rings. The highest BCUT2D eigenvalue weighted by molar-refractivity contribution is 9.10. The van der Waals surface area contributed by atoms with Gasteiger partial charge in [0, 0.05) is 16.9 Å². The van der Waals surface area contributed by atoms with Crippen molar-refractivity contribution in [1.82, 2.24) is 5.32 Å². The molecule has 0 radical (unpaired) electrons. The molecule has 0 aromatic heterocycles. The van der Waals surface area contributed by atoms with Gasteiger partial charge in [-0.1, -0.05) is 28.1 Å². The van der Waals surface area contributed by atoms with Crippen LogP contribution >= 0.6 is 15.9 Å². The molecule has 1 amide bonds. The van der Waals surface area contributed by atoms with Crippen molar-refractivity contribution in [2.75, 3.05) is 6.54 Å². The molecule has 0 heterocycles. The fraction of sp³-hybridized carbons (Fsp3) is 0.500. The van der Waals surface area contributed by atoms with Crippen LogP contribution in [-0.2, 0) is 4.79 Å². The lowest BCUT2D eigenvalue weighted by Crippen LogP contribution is -2.27. The number of rotatable bonds is 4. The summed E-state index contributed by atoms with van der Waals surface area (Å²) in [4.78, 5) is 11.9. The van der Waals surface area contributed by atoms with Crippen molar-refractivity contribution in [3.63, 3.8) is 0 Å². The maximum atomic E-state index is 11.9. The van der Waals surface area contributed by atoms with Crippen LogP contribution < -0.4 is 5.32 Å². The van der Waals surface area contributed by atoms with Gasteiger partial charge in [0.05, 0.1) is 0 Å². The summed E-state index contributed by atoms with van der Waals surface area (Å²) in [5, 5.41) is 3.07. The summed E-state index contributed by atoms with van der Waals surface area (Å²) in [7, 11) is 0. The molecule has 2 atom stereocenters. The van der Waals surface area contributed by atoms with Gasteiger partial charge in [-0.05, 0) is 48.8 Å². The molecule has 3 rings (SSSR count). The zero-order chi connectivity index (χ0) is 11.8. The fourth-order valence-corrected chi connectivity index (χ4v) is 2.71. The van der Waals surface area contributed by atoms with Gasteiger partial charge in [-0.2, -0.15) is 0 Å². The van der Waals surface area contributed by atoms with Crippen LogP contribution in [0.15, 0.2) is 28.7 Å². The van der Waals surface area contributed by atoms with E-state index < -0.39 is 0 Å². The molecule has 2 unspecified atom stereocenters. The third-order valence-electron chi connectivity index (χ3n) is 3.67. The topological polar surface area (TPSA) is 29.1 Å². The highest BCUT2D eigenvalue weighted by Crippen LogP contribution is 2.48. The number of amides is 1. The van der Waals surface area contributed by atoms with E-state index in [4.69, 9.17) is 0 Å². The molecule has 2 saturated carbocycles. The zero-order valence-corrected chi connectivity index (χ0v) is 11.2. The quantitative estimate of drug-likeness (QED) is 0.908. The van der Waals surface area contributed by atoms with Crippen molar-refractivity contribution in [3.8, 4) is 0 Å². The first-order valence-corrected chi connectivity index (χ1v) is 7.06. The Labute approximate surface area is 110 Å². The predicted molar refractivity (Wildman–Crippen MR) is 70.7 cm³/mol. The van der Waals surface area contributed by atoms with E-state index in [9.17, 15) is 4.79 Å². The van der Waals surface area contributed by atoms with Crippen molar-refractivity contribution in [2.45, 2.75) is 25.2 Å². The van der Waals surface area contributed by atoms with Gasteiger partial charge in [-0.3, -0.25) is 4.79 Å². The van der Waals surface area contributed by atoms with Crippen LogP contribution in [0.5, 0.6) is 0 Å². The maximum Gasteiger partial charge on any atom is 0.223 e. The van der Waals surface area contributed by atoms with E-state index >= 15 is 0 Å². The van der Waals surface area contributed by atoms with Crippen LogP contribution in [0.2, 0.25) is 0 Å². The van der Waals surface area contributed by atoms with Crippen LogP contribution in [-0.4, -0.2) is 12.5 Å². The molecule has 2 fully saturated rings. The summed E-state index contributed by atoms with van der Waals surface area (Å²) in [5.41, 5.74) is 1.28. The monoisotopic (exact) mass is 293 g/mol. The average Bonchev–Trinajstić information content (AvgIpc) is 3.18. The van der Waals surface area contributed by atoms with Gasteiger partial charge in [0.1, 0.15) is 0 Å². The van der Waals surface area contributed by atoms with E-state index in [-0.39, 0.29) is 11.8 Å². The van der Waals surface area contributed by atoms with Crippen LogP contribution in [0.4, 0.5) is 0 Å². The summed E-state index contributed by atoms with van der Waals surface area (Å²) in [6.45, 7) is 0.889. The van der Waals surface area contributed by atoms with Gasteiger partial charge in [0.15, 0.2) is 0 Å². The van der Waals surface area contributed by atoms with Gasteiger partial charge < -0.3 is 5.32 Å². The molecular weight excluding hydrogens is 278 g/mol. The largest absolute Gasteiger partial charge is 0.356 e. The van der Waals surface area contributed by atoms with Crippen molar-refractivity contribution in [2.24, 2.45) is 11.8 Å². The summed E-state index contributed by atoms with van der Waals surface area (Å²) in [5.74, 6) is 1.67. The highest BCUT2D eigenvalue weighted by atomic mass is 79.9. The number of halogens is 1. The molecule has 90 valence electrons. The Morgan fingerprint density at radius 2 is 2.24 bits per heavy atom. The normalized spacial score (nSPS) is 26.6. The van der Waals surface area contributed by atoms with Gasteiger partial charge in [0.2, 0.25) is 5.91 Å². The Hall–Kier alpha value is -0.830. The number of carbonyl (C=O) groups excluding carboxylic acids is 1. The molecule has 2 nitrogen and oxygen atoms in total.